The van der Waals surface area contributed by atoms with Crippen LogP contribution in [0.25, 0.3) is 27.9 Å². The first-order valence-corrected chi connectivity index (χ1v) is 9.78. The quantitative estimate of drug-likeness (QED) is 0.474. The van der Waals surface area contributed by atoms with Crippen LogP contribution in [0.1, 0.15) is 0 Å². The van der Waals surface area contributed by atoms with Crippen molar-refractivity contribution in [3.05, 3.63) is 48.5 Å². The SMILES string of the molecule is COc1ccc(-c2nc3c4ccccc4nc(NC4CNCCNC4=O)n3n2)cc1. The van der Waals surface area contributed by atoms with Crippen molar-refractivity contribution in [1.29, 1.82) is 0 Å². The molecule has 1 unspecified atom stereocenters. The van der Waals surface area contributed by atoms with Gasteiger partial charge in [0, 0.05) is 30.6 Å². The maximum Gasteiger partial charge on any atom is 0.243 e. The van der Waals surface area contributed by atoms with Crippen LogP contribution in [0.5, 0.6) is 5.75 Å². The van der Waals surface area contributed by atoms with E-state index < -0.39 is 6.04 Å². The highest BCUT2D eigenvalue weighted by Crippen LogP contribution is 2.25. The highest BCUT2D eigenvalue weighted by molar-refractivity contribution is 5.93. The number of aromatic nitrogens is 4. The molecule has 9 heteroatoms. The van der Waals surface area contributed by atoms with Gasteiger partial charge in [-0.15, -0.1) is 5.10 Å². The Labute approximate surface area is 172 Å². The molecule has 1 aliphatic heterocycles. The van der Waals surface area contributed by atoms with Crippen LogP contribution in [-0.2, 0) is 4.79 Å². The number of para-hydroxylation sites is 1. The number of fused-ring (bicyclic) bond motifs is 3. The standard InChI is InChI=1S/C21H21N7O2/c1-30-14-8-6-13(7-9-14)18-26-19-15-4-2-3-5-16(15)24-21(28(19)27-18)25-17-12-22-10-11-23-20(17)29/h2-9,17,22H,10-12H2,1H3,(H,23,29)(H,24,25). The van der Waals surface area contributed by atoms with E-state index in [4.69, 9.17) is 19.8 Å². The molecule has 2 aromatic carbocycles. The Hall–Kier alpha value is -3.72. The smallest absolute Gasteiger partial charge is 0.243 e. The molecule has 3 heterocycles. The second kappa shape index (κ2) is 7.60. The molecule has 0 spiro atoms. The maximum atomic E-state index is 12.4. The first-order valence-electron chi connectivity index (χ1n) is 9.78. The molecular weight excluding hydrogens is 382 g/mol. The number of nitrogens with one attached hydrogen (secondary N) is 3. The van der Waals surface area contributed by atoms with Gasteiger partial charge in [0.05, 0.1) is 12.6 Å². The summed E-state index contributed by atoms with van der Waals surface area (Å²) in [4.78, 5) is 21.9. The van der Waals surface area contributed by atoms with Crippen molar-refractivity contribution in [3.8, 4) is 17.1 Å². The number of benzene rings is 2. The number of methoxy groups -OCH3 is 1. The summed E-state index contributed by atoms with van der Waals surface area (Å²) in [6, 6.07) is 14.9. The average molecular weight is 403 g/mol. The molecule has 0 radical (unpaired) electrons. The Balaban J connectivity index is 1.63. The van der Waals surface area contributed by atoms with Crippen LogP contribution in [0, 0.1) is 0 Å². The molecule has 1 saturated heterocycles. The predicted molar refractivity (Wildman–Crippen MR) is 114 cm³/mol. The zero-order valence-electron chi connectivity index (χ0n) is 16.4. The van der Waals surface area contributed by atoms with E-state index in [-0.39, 0.29) is 5.91 Å². The van der Waals surface area contributed by atoms with E-state index in [0.717, 1.165) is 28.8 Å². The largest absolute Gasteiger partial charge is 0.497 e. The van der Waals surface area contributed by atoms with Gasteiger partial charge in [0.1, 0.15) is 11.8 Å². The van der Waals surface area contributed by atoms with Crippen molar-refractivity contribution in [2.24, 2.45) is 0 Å². The molecule has 1 fully saturated rings. The third-order valence-electron chi connectivity index (χ3n) is 5.10. The van der Waals surface area contributed by atoms with E-state index in [1.165, 1.54) is 0 Å². The Morgan fingerprint density at radius 1 is 1.10 bits per heavy atom. The van der Waals surface area contributed by atoms with Crippen molar-refractivity contribution in [2.45, 2.75) is 6.04 Å². The third-order valence-corrected chi connectivity index (χ3v) is 5.10. The van der Waals surface area contributed by atoms with Gasteiger partial charge in [-0.25, -0.2) is 9.97 Å². The van der Waals surface area contributed by atoms with Crippen LogP contribution in [-0.4, -0.2) is 58.3 Å². The normalized spacial score (nSPS) is 17.0. The van der Waals surface area contributed by atoms with E-state index in [2.05, 4.69) is 16.0 Å². The second-order valence-electron chi connectivity index (χ2n) is 7.04. The summed E-state index contributed by atoms with van der Waals surface area (Å²) in [5.74, 6) is 1.74. The number of hydrogen-bond acceptors (Lipinski definition) is 7. The fourth-order valence-electron chi connectivity index (χ4n) is 3.52. The number of anilines is 1. The first-order chi connectivity index (χ1) is 14.7. The second-order valence-corrected chi connectivity index (χ2v) is 7.04. The maximum absolute atomic E-state index is 12.4. The van der Waals surface area contributed by atoms with Gasteiger partial charge in [-0.3, -0.25) is 4.79 Å². The molecular formula is C21H21N7O2. The zero-order chi connectivity index (χ0) is 20.5. The lowest BCUT2D eigenvalue weighted by atomic mass is 10.2. The molecule has 9 nitrogen and oxygen atoms in total. The van der Waals surface area contributed by atoms with E-state index in [9.17, 15) is 4.79 Å². The Morgan fingerprint density at radius 2 is 1.93 bits per heavy atom. The Morgan fingerprint density at radius 3 is 2.77 bits per heavy atom. The van der Waals surface area contributed by atoms with Gasteiger partial charge >= 0.3 is 0 Å². The Bertz CT molecular complexity index is 1220. The summed E-state index contributed by atoms with van der Waals surface area (Å²) in [5.41, 5.74) is 2.32. The molecule has 3 N–H and O–H groups in total. The number of amides is 1. The minimum absolute atomic E-state index is 0.0707. The number of nitrogens with zero attached hydrogens (tertiary/aromatic N) is 4. The van der Waals surface area contributed by atoms with Crippen molar-refractivity contribution in [3.63, 3.8) is 0 Å². The van der Waals surface area contributed by atoms with Gasteiger partial charge in [0.15, 0.2) is 11.5 Å². The van der Waals surface area contributed by atoms with Crippen LogP contribution < -0.4 is 20.7 Å². The first kappa shape index (κ1) is 18.3. The lowest BCUT2D eigenvalue weighted by molar-refractivity contribution is -0.121. The van der Waals surface area contributed by atoms with Crippen LogP contribution in [0.4, 0.5) is 5.95 Å². The summed E-state index contributed by atoms with van der Waals surface area (Å²) in [6.45, 7) is 1.83. The molecule has 0 bridgehead atoms. The zero-order valence-corrected chi connectivity index (χ0v) is 16.4. The molecule has 1 aliphatic rings. The van der Waals surface area contributed by atoms with Gasteiger partial charge in [-0.2, -0.15) is 4.52 Å². The lowest BCUT2D eigenvalue weighted by Gasteiger charge is -2.16. The van der Waals surface area contributed by atoms with Crippen LogP contribution >= 0.6 is 0 Å². The Kier molecular flexibility index (Phi) is 4.64. The van der Waals surface area contributed by atoms with Gasteiger partial charge in [-0.05, 0) is 36.4 Å². The summed E-state index contributed by atoms with van der Waals surface area (Å²) in [6.07, 6.45) is 0. The summed E-state index contributed by atoms with van der Waals surface area (Å²) in [5, 5.41) is 15.0. The van der Waals surface area contributed by atoms with Gasteiger partial charge < -0.3 is 20.7 Å². The number of carbonyl (C=O) groups excluding carboxylic acids is 1. The monoisotopic (exact) mass is 403 g/mol. The van der Waals surface area contributed by atoms with Crippen LogP contribution in [0.2, 0.25) is 0 Å². The van der Waals surface area contributed by atoms with Gasteiger partial charge in [-0.1, -0.05) is 12.1 Å². The van der Waals surface area contributed by atoms with Crippen molar-refractivity contribution >= 4 is 28.4 Å². The number of hydrogen-bond donors (Lipinski definition) is 3. The fourth-order valence-corrected chi connectivity index (χ4v) is 3.52. The van der Waals surface area contributed by atoms with Gasteiger partial charge in [0.2, 0.25) is 11.9 Å². The minimum Gasteiger partial charge on any atom is -0.497 e. The average Bonchev–Trinajstić information content (AvgIpc) is 3.14. The summed E-state index contributed by atoms with van der Waals surface area (Å²) < 4.78 is 6.90. The highest BCUT2D eigenvalue weighted by Gasteiger charge is 2.23. The van der Waals surface area contributed by atoms with E-state index in [1.54, 1.807) is 11.6 Å². The molecule has 1 amide bonds. The molecule has 0 saturated carbocycles. The van der Waals surface area contributed by atoms with E-state index in [0.29, 0.717) is 30.5 Å². The summed E-state index contributed by atoms with van der Waals surface area (Å²) in [7, 11) is 1.63. The predicted octanol–water partition coefficient (Wildman–Crippen LogP) is 1.45. The third kappa shape index (κ3) is 3.29. The lowest BCUT2D eigenvalue weighted by Crippen LogP contribution is -2.42. The fraction of sp³-hybridized carbons (Fsp3) is 0.238. The van der Waals surface area contributed by atoms with Crippen molar-refractivity contribution in [1.82, 2.24) is 30.2 Å². The van der Waals surface area contributed by atoms with Crippen LogP contribution in [0.15, 0.2) is 48.5 Å². The molecule has 0 aliphatic carbocycles. The minimum atomic E-state index is -0.460. The van der Waals surface area contributed by atoms with Crippen molar-refractivity contribution in [2.75, 3.05) is 32.1 Å². The molecule has 2 aromatic heterocycles. The number of rotatable bonds is 4. The number of carbonyl (C=O) groups is 1. The van der Waals surface area contributed by atoms with Crippen LogP contribution in [0.3, 0.4) is 0 Å². The number of ether oxygens (including phenoxy) is 1. The van der Waals surface area contributed by atoms with E-state index >= 15 is 0 Å². The van der Waals surface area contributed by atoms with E-state index in [1.807, 2.05) is 48.5 Å². The van der Waals surface area contributed by atoms with Crippen molar-refractivity contribution < 1.29 is 9.53 Å². The topological polar surface area (TPSA) is 105 Å². The highest BCUT2D eigenvalue weighted by atomic mass is 16.5. The van der Waals surface area contributed by atoms with Gasteiger partial charge in [0.25, 0.3) is 0 Å². The summed E-state index contributed by atoms with van der Waals surface area (Å²) >= 11 is 0. The molecule has 1 atom stereocenters. The molecule has 4 aromatic rings. The molecule has 152 valence electrons. The molecule has 30 heavy (non-hydrogen) atoms. The molecule has 5 rings (SSSR count).